The maximum Gasteiger partial charge on any atom is 0.231 e. The fraction of sp³-hybridized carbons (Fsp3) is 0.250. The highest BCUT2D eigenvalue weighted by Crippen LogP contribution is 2.42. The molecule has 0 unspecified atom stereocenters. The van der Waals surface area contributed by atoms with Crippen molar-refractivity contribution in [2.45, 2.75) is 13.3 Å². The van der Waals surface area contributed by atoms with E-state index in [-0.39, 0.29) is 6.79 Å². The molecule has 1 aromatic carbocycles. The Labute approximate surface area is 114 Å². The number of halogens is 1. The van der Waals surface area contributed by atoms with Crippen LogP contribution in [0.1, 0.15) is 12.7 Å². The van der Waals surface area contributed by atoms with Crippen LogP contribution in [0.25, 0.3) is 11.3 Å². The van der Waals surface area contributed by atoms with Gasteiger partial charge in [0.2, 0.25) is 6.79 Å². The maximum atomic E-state index is 6.15. The number of rotatable bonds is 2. The summed E-state index contributed by atoms with van der Waals surface area (Å²) in [6.07, 6.45) is 0.693. The molecule has 7 heteroatoms. The minimum atomic E-state index is 0.166. The van der Waals surface area contributed by atoms with Crippen LogP contribution in [-0.2, 0) is 6.42 Å². The highest BCUT2D eigenvalue weighted by molar-refractivity contribution is 6.32. The zero-order chi connectivity index (χ0) is 13.6. The number of aromatic nitrogens is 2. The second kappa shape index (κ2) is 4.24. The highest BCUT2D eigenvalue weighted by atomic mass is 35.5. The second-order valence-electron chi connectivity index (χ2n) is 4.18. The average molecular weight is 281 g/mol. The summed E-state index contributed by atoms with van der Waals surface area (Å²) >= 11 is 6.15. The van der Waals surface area contributed by atoms with Gasteiger partial charge >= 0.3 is 0 Å². The van der Waals surface area contributed by atoms with Crippen molar-refractivity contribution in [2.24, 2.45) is 0 Å². The normalized spacial score (nSPS) is 12.9. The van der Waals surface area contributed by atoms with Gasteiger partial charge in [0.05, 0.1) is 5.02 Å². The molecule has 0 amide bonds. The summed E-state index contributed by atoms with van der Waals surface area (Å²) in [6.45, 7) is 2.13. The number of hydrogen-bond donors (Lipinski definition) is 2. The molecule has 0 atom stereocenters. The van der Waals surface area contributed by atoms with Crippen molar-refractivity contribution >= 4 is 17.4 Å². The van der Waals surface area contributed by atoms with Crippen molar-refractivity contribution in [3.8, 4) is 22.8 Å². The molecule has 0 saturated heterocycles. The Balaban J connectivity index is 2.15. The lowest BCUT2D eigenvalue weighted by molar-refractivity contribution is 0.174. The van der Waals surface area contributed by atoms with Crippen molar-refractivity contribution in [1.82, 2.24) is 9.66 Å². The van der Waals surface area contributed by atoms with Crippen molar-refractivity contribution < 1.29 is 9.47 Å². The van der Waals surface area contributed by atoms with E-state index in [9.17, 15) is 0 Å². The van der Waals surface area contributed by atoms with Crippen LogP contribution in [0.4, 0.5) is 5.82 Å². The van der Waals surface area contributed by atoms with E-state index in [1.54, 1.807) is 12.1 Å². The predicted molar refractivity (Wildman–Crippen MR) is 72.7 cm³/mol. The van der Waals surface area contributed by atoms with E-state index in [1.165, 1.54) is 4.68 Å². The Bertz CT molecular complexity index is 654. The lowest BCUT2D eigenvalue weighted by Gasteiger charge is -2.04. The molecule has 0 radical (unpaired) electrons. The Morgan fingerprint density at radius 3 is 2.89 bits per heavy atom. The first-order chi connectivity index (χ1) is 9.11. The zero-order valence-electron chi connectivity index (χ0n) is 10.3. The van der Waals surface area contributed by atoms with E-state index in [0.29, 0.717) is 40.3 Å². The molecule has 0 aliphatic carbocycles. The predicted octanol–water partition coefficient (Wildman–Crippen LogP) is 1.79. The van der Waals surface area contributed by atoms with Gasteiger partial charge in [-0.2, -0.15) is 0 Å². The van der Waals surface area contributed by atoms with Crippen molar-refractivity contribution in [1.29, 1.82) is 0 Å². The van der Waals surface area contributed by atoms with Crippen LogP contribution in [0.5, 0.6) is 11.5 Å². The smallest absolute Gasteiger partial charge is 0.231 e. The lowest BCUT2D eigenvalue weighted by Crippen LogP contribution is -2.14. The number of hydrogen-bond acceptors (Lipinski definition) is 5. The van der Waals surface area contributed by atoms with Crippen LogP contribution in [0, 0.1) is 0 Å². The number of imidazole rings is 1. The number of benzene rings is 1. The molecule has 2 heterocycles. The Morgan fingerprint density at radius 2 is 2.21 bits per heavy atom. The van der Waals surface area contributed by atoms with Crippen LogP contribution in [0.2, 0.25) is 5.02 Å². The first-order valence-corrected chi connectivity index (χ1v) is 6.21. The molecule has 0 fully saturated rings. The minimum absolute atomic E-state index is 0.166. The third-order valence-electron chi connectivity index (χ3n) is 3.04. The molecular formula is C12H13ClN4O2. The number of nitrogen functional groups attached to an aromatic ring is 2. The zero-order valence-corrected chi connectivity index (χ0v) is 11.1. The van der Waals surface area contributed by atoms with Crippen LogP contribution in [-0.4, -0.2) is 16.5 Å². The molecule has 100 valence electrons. The number of anilines is 1. The van der Waals surface area contributed by atoms with Gasteiger partial charge in [0.1, 0.15) is 11.5 Å². The number of nitrogens with two attached hydrogens (primary N) is 2. The minimum Gasteiger partial charge on any atom is -0.454 e. The van der Waals surface area contributed by atoms with Gasteiger partial charge in [-0.3, -0.25) is 0 Å². The quantitative estimate of drug-likeness (QED) is 0.819. The van der Waals surface area contributed by atoms with Gasteiger partial charge in [-0.25, -0.2) is 9.66 Å². The van der Waals surface area contributed by atoms with Crippen LogP contribution < -0.4 is 21.1 Å². The Hall–Kier alpha value is -2.08. The van der Waals surface area contributed by atoms with E-state index in [2.05, 4.69) is 4.98 Å². The van der Waals surface area contributed by atoms with Gasteiger partial charge in [-0.1, -0.05) is 18.5 Å². The van der Waals surface area contributed by atoms with Crippen LogP contribution >= 0.6 is 11.6 Å². The molecule has 0 spiro atoms. The Morgan fingerprint density at radius 1 is 1.42 bits per heavy atom. The van der Waals surface area contributed by atoms with E-state index in [0.717, 1.165) is 5.56 Å². The third kappa shape index (κ3) is 1.76. The summed E-state index contributed by atoms with van der Waals surface area (Å²) in [5.41, 5.74) is 7.32. The van der Waals surface area contributed by atoms with Gasteiger partial charge in [-0.15, -0.1) is 0 Å². The van der Waals surface area contributed by atoms with Gasteiger partial charge in [-0.05, 0) is 12.1 Å². The molecule has 3 rings (SSSR count). The topological polar surface area (TPSA) is 88.3 Å². The molecule has 4 N–H and O–H groups in total. The fourth-order valence-electron chi connectivity index (χ4n) is 2.06. The number of aryl methyl sites for hydroxylation is 1. The highest BCUT2D eigenvalue weighted by Gasteiger charge is 2.21. The number of ether oxygens (including phenoxy) is 2. The van der Waals surface area contributed by atoms with Gasteiger partial charge < -0.3 is 21.1 Å². The summed E-state index contributed by atoms with van der Waals surface area (Å²) in [5, 5.41) is 0.467. The largest absolute Gasteiger partial charge is 0.454 e. The molecule has 19 heavy (non-hydrogen) atoms. The van der Waals surface area contributed by atoms with Crippen molar-refractivity contribution in [3.63, 3.8) is 0 Å². The summed E-state index contributed by atoms with van der Waals surface area (Å²) < 4.78 is 12.0. The average Bonchev–Trinajstić information content (AvgIpc) is 2.96. The first kappa shape index (κ1) is 12.0. The van der Waals surface area contributed by atoms with E-state index >= 15 is 0 Å². The fourth-order valence-corrected chi connectivity index (χ4v) is 2.32. The van der Waals surface area contributed by atoms with Gasteiger partial charge in [0.15, 0.2) is 17.3 Å². The monoisotopic (exact) mass is 280 g/mol. The maximum absolute atomic E-state index is 6.15. The van der Waals surface area contributed by atoms with E-state index in [1.807, 2.05) is 6.92 Å². The van der Waals surface area contributed by atoms with E-state index < -0.39 is 0 Å². The number of nitrogens with zero attached hydrogens (tertiary/aromatic N) is 2. The molecule has 0 bridgehead atoms. The summed E-state index contributed by atoms with van der Waals surface area (Å²) in [7, 11) is 0. The van der Waals surface area contributed by atoms with Crippen LogP contribution in [0.15, 0.2) is 12.1 Å². The molecular weight excluding hydrogens is 268 g/mol. The number of fused-ring (bicyclic) bond motifs is 1. The summed E-state index contributed by atoms with van der Waals surface area (Å²) in [5.74, 6) is 8.08. The van der Waals surface area contributed by atoms with Crippen LogP contribution in [0.3, 0.4) is 0 Å². The lowest BCUT2D eigenvalue weighted by atomic mass is 10.1. The summed E-state index contributed by atoms with van der Waals surface area (Å²) in [4.78, 5) is 4.42. The molecule has 1 aromatic heterocycles. The molecule has 6 nitrogen and oxygen atoms in total. The molecule has 0 saturated carbocycles. The second-order valence-corrected chi connectivity index (χ2v) is 4.58. The molecule has 1 aliphatic heterocycles. The third-order valence-corrected chi connectivity index (χ3v) is 3.32. The SMILES string of the molecule is CCc1nc(-c2cc(Cl)c3c(c2)OCO3)c(N)n1N. The van der Waals surface area contributed by atoms with Crippen molar-refractivity contribution in [2.75, 3.05) is 18.4 Å². The summed E-state index contributed by atoms with van der Waals surface area (Å²) in [6, 6.07) is 3.54. The van der Waals surface area contributed by atoms with Gasteiger partial charge in [0, 0.05) is 12.0 Å². The standard InChI is InChI=1S/C12H13ClN4O2/c1-2-9-16-10(12(14)17(9)15)6-3-7(13)11-8(4-6)18-5-19-11/h3-4H,2,5,14-15H2,1H3. The molecule has 1 aliphatic rings. The van der Waals surface area contributed by atoms with Crippen molar-refractivity contribution in [3.05, 3.63) is 23.0 Å². The molecule has 2 aromatic rings. The van der Waals surface area contributed by atoms with Gasteiger partial charge in [0.25, 0.3) is 0 Å². The Kier molecular flexibility index (Phi) is 2.67. The first-order valence-electron chi connectivity index (χ1n) is 5.83. The van der Waals surface area contributed by atoms with E-state index in [4.69, 9.17) is 32.7 Å².